The number of hydrogen-bond acceptors (Lipinski definition) is 4. The molecule has 0 aromatic heterocycles. The first-order valence-corrected chi connectivity index (χ1v) is 14.7. The van der Waals surface area contributed by atoms with Gasteiger partial charge in [-0.2, -0.15) is 0 Å². The maximum Gasteiger partial charge on any atom is 0.264 e. The van der Waals surface area contributed by atoms with Gasteiger partial charge in [-0.1, -0.05) is 66.6 Å². The Morgan fingerprint density at radius 3 is 1.97 bits per heavy atom. The Bertz CT molecular complexity index is 1390. The van der Waals surface area contributed by atoms with Crippen molar-refractivity contribution in [1.82, 2.24) is 10.2 Å². The minimum Gasteiger partial charge on any atom is -0.352 e. The van der Waals surface area contributed by atoms with Crippen molar-refractivity contribution in [3.63, 3.8) is 0 Å². The van der Waals surface area contributed by atoms with Crippen LogP contribution in [-0.4, -0.2) is 43.8 Å². The van der Waals surface area contributed by atoms with E-state index in [4.69, 9.17) is 0 Å². The Balaban J connectivity index is 2.03. The summed E-state index contributed by atoms with van der Waals surface area (Å²) in [5.41, 5.74) is 4.14. The van der Waals surface area contributed by atoms with Crippen LogP contribution in [0.3, 0.4) is 0 Å². The van der Waals surface area contributed by atoms with Gasteiger partial charge in [0.05, 0.1) is 10.6 Å². The average Bonchev–Trinajstić information content (AvgIpc) is 2.91. The number of carbonyl (C=O) groups is 2. The molecule has 0 aliphatic heterocycles. The maximum atomic E-state index is 14.0. The molecule has 0 spiro atoms. The molecule has 3 aromatic carbocycles. The highest BCUT2D eigenvalue weighted by molar-refractivity contribution is 7.92. The van der Waals surface area contributed by atoms with Gasteiger partial charge in [0.1, 0.15) is 12.6 Å². The molecule has 2 amide bonds. The fourth-order valence-corrected chi connectivity index (χ4v) is 5.51. The normalized spacial score (nSPS) is 12.9. The molecule has 3 rings (SSSR count). The van der Waals surface area contributed by atoms with Crippen molar-refractivity contribution in [2.45, 2.75) is 71.5 Å². The Morgan fingerprint density at radius 2 is 1.41 bits per heavy atom. The lowest BCUT2D eigenvalue weighted by molar-refractivity contribution is -0.139. The Hall–Kier alpha value is -3.65. The molecule has 3 aromatic rings. The molecule has 0 fully saturated rings. The summed E-state index contributed by atoms with van der Waals surface area (Å²) in [6.45, 7) is 11.0. The van der Waals surface area contributed by atoms with Crippen LogP contribution in [0.1, 0.15) is 49.4 Å². The molecule has 2 atom stereocenters. The molecule has 0 unspecified atom stereocenters. The molecular formula is C31H39N3O4S. The lowest BCUT2D eigenvalue weighted by Crippen LogP contribution is -2.52. The van der Waals surface area contributed by atoms with Crippen LogP contribution in [0.5, 0.6) is 0 Å². The van der Waals surface area contributed by atoms with Crippen molar-refractivity contribution in [2.24, 2.45) is 0 Å². The highest BCUT2D eigenvalue weighted by atomic mass is 32.2. The van der Waals surface area contributed by atoms with Crippen LogP contribution >= 0.6 is 0 Å². The molecule has 0 aliphatic carbocycles. The predicted octanol–water partition coefficient (Wildman–Crippen LogP) is 5.14. The first-order valence-electron chi connectivity index (χ1n) is 13.2. The fraction of sp³-hybridized carbons (Fsp3) is 0.355. The van der Waals surface area contributed by atoms with Crippen LogP contribution < -0.4 is 9.62 Å². The van der Waals surface area contributed by atoms with Crippen LogP contribution in [0, 0.1) is 20.8 Å². The molecule has 0 saturated carbocycles. The van der Waals surface area contributed by atoms with Gasteiger partial charge in [-0.3, -0.25) is 13.9 Å². The molecule has 8 heteroatoms. The number of aryl methyl sites for hydroxylation is 3. The minimum absolute atomic E-state index is 0.0543. The van der Waals surface area contributed by atoms with Gasteiger partial charge < -0.3 is 10.2 Å². The molecule has 208 valence electrons. The van der Waals surface area contributed by atoms with E-state index >= 15 is 0 Å². The second-order valence-electron chi connectivity index (χ2n) is 10.1. The van der Waals surface area contributed by atoms with Crippen LogP contribution in [-0.2, 0) is 26.2 Å². The van der Waals surface area contributed by atoms with Crippen LogP contribution in [0.2, 0.25) is 0 Å². The monoisotopic (exact) mass is 549 g/mol. The molecule has 0 aliphatic rings. The summed E-state index contributed by atoms with van der Waals surface area (Å²) in [6, 6.07) is 20.3. The number of sulfonamides is 1. The van der Waals surface area contributed by atoms with Gasteiger partial charge in [-0.25, -0.2) is 8.42 Å². The van der Waals surface area contributed by atoms with E-state index in [2.05, 4.69) is 5.32 Å². The molecule has 0 radical (unpaired) electrons. The fourth-order valence-electron chi connectivity index (χ4n) is 4.10. The lowest BCUT2D eigenvalue weighted by Gasteiger charge is -2.32. The summed E-state index contributed by atoms with van der Waals surface area (Å²) >= 11 is 0. The summed E-state index contributed by atoms with van der Waals surface area (Å²) in [5, 5.41) is 2.95. The van der Waals surface area contributed by atoms with E-state index in [1.807, 2.05) is 71.0 Å². The second-order valence-corrected chi connectivity index (χ2v) is 12.0. The van der Waals surface area contributed by atoms with E-state index in [0.29, 0.717) is 5.69 Å². The highest BCUT2D eigenvalue weighted by Gasteiger charge is 2.33. The molecule has 0 heterocycles. The zero-order chi connectivity index (χ0) is 28.7. The lowest BCUT2D eigenvalue weighted by atomic mass is 10.1. The van der Waals surface area contributed by atoms with E-state index in [1.165, 1.54) is 4.90 Å². The van der Waals surface area contributed by atoms with Crippen molar-refractivity contribution >= 4 is 27.5 Å². The van der Waals surface area contributed by atoms with Gasteiger partial charge in [0.2, 0.25) is 11.8 Å². The number of nitrogens with zero attached hydrogens (tertiary/aromatic N) is 2. The number of rotatable bonds is 11. The number of benzene rings is 3. The molecule has 0 saturated heterocycles. The minimum atomic E-state index is -4.08. The predicted molar refractivity (Wildman–Crippen MR) is 156 cm³/mol. The van der Waals surface area contributed by atoms with Gasteiger partial charge >= 0.3 is 0 Å². The topological polar surface area (TPSA) is 86.8 Å². The van der Waals surface area contributed by atoms with Crippen molar-refractivity contribution in [3.8, 4) is 0 Å². The Morgan fingerprint density at radius 1 is 0.846 bits per heavy atom. The van der Waals surface area contributed by atoms with Crippen molar-refractivity contribution in [2.75, 3.05) is 10.8 Å². The van der Waals surface area contributed by atoms with Crippen LogP contribution in [0.4, 0.5) is 5.69 Å². The van der Waals surface area contributed by atoms with E-state index in [9.17, 15) is 18.0 Å². The zero-order valence-electron chi connectivity index (χ0n) is 23.6. The number of anilines is 1. The Kier molecular flexibility index (Phi) is 9.92. The largest absolute Gasteiger partial charge is 0.352 e. The zero-order valence-corrected chi connectivity index (χ0v) is 24.5. The van der Waals surface area contributed by atoms with Gasteiger partial charge in [-0.15, -0.1) is 0 Å². The SMILES string of the molecule is CC[C@@H](C)NC(=O)[C@H](C)N(Cc1ccccc1C)C(=O)CN(c1ccc(C)cc1)S(=O)(=O)c1ccc(C)cc1. The summed E-state index contributed by atoms with van der Waals surface area (Å²) in [6.07, 6.45) is 0.750. The molecule has 7 nitrogen and oxygen atoms in total. The van der Waals surface area contributed by atoms with Crippen LogP contribution in [0.15, 0.2) is 77.7 Å². The Labute approximate surface area is 232 Å². The third kappa shape index (κ3) is 7.47. The number of carbonyl (C=O) groups excluding carboxylic acids is 2. The average molecular weight is 550 g/mol. The smallest absolute Gasteiger partial charge is 0.264 e. The van der Waals surface area contributed by atoms with Crippen molar-refractivity contribution < 1.29 is 18.0 Å². The van der Waals surface area contributed by atoms with Gasteiger partial charge in [0.25, 0.3) is 10.0 Å². The summed E-state index contributed by atoms with van der Waals surface area (Å²) in [4.78, 5) is 28.7. The standard InChI is InChI=1S/C31H39N3O4S/c1-7-25(5)32-31(36)26(6)33(20-27-11-9-8-10-24(27)4)30(35)21-34(28-16-12-22(2)13-17-28)39(37,38)29-18-14-23(3)15-19-29/h8-19,25-26H,7,20-21H2,1-6H3,(H,32,36)/t25-,26+/m1/s1. The third-order valence-electron chi connectivity index (χ3n) is 6.98. The molecule has 39 heavy (non-hydrogen) atoms. The number of nitrogens with one attached hydrogen (secondary N) is 1. The summed E-state index contributed by atoms with van der Waals surface area (Å²) < 4.78 is 28.9. The second kappa shape index (κ2) is 12.9. The molecular weight excluding hydrogens is 510 g/mol. The number of hydrogen-bond donors (Lipinski definition) is 1. The van der Waals surface area contributed by atoms with Gasteiger partial charge in [0, 0.05) is 12.6 Å². The van der Waals surface area contributed by atoms with E-state index in [-0.39, 0.29) is 23.4 Å². The first kappa shape index (κ1) is 29.9. The quantitative estimate of drug-likeness (QED) is 0.359. The van der Waals surface area contributed by atoms with E-state index in [0.717, 1.165) is 33.0 Å². The first-order chi connectivity index (χ1) is 18.4. The van der Waals surface area contributed by atoms with Gasteiger partial charge in [0.15, 0.2) is 0 Å². The van der Waals surface area contributed by atoms with E-state index in [1.54, 1.807) is 43.3 Å². The van der Waals surface area contributed by atoms with Gasteiger partial charge in [-0.05, 0) is 76.4 Å². The van der Waals surface area contributed by atoms with Crippen LogP contribution in [0.25, 0.3) is 0 Å². The van der Waals surface area contributed by atoms with Crippen molar-refractivity contribution in [1.29, 1.82) is 0 Å². The molecule has 1 N–H and O–H groups in total. The third-order valence-corrected chi connectivity index (χ3v) is 8.77. The summed E-state index contributed by atoms with van der Waals surface area (Å²) in [7, 11) is -4.08. The van der Waals surface area contributed by atoms with E-state index < -0.39 is 28.5 Å². The maximum absolute atomic E-state index is 14.0. The van der Waals surface area contributed by atoms with Crippen molar-refractivity contribution in [3.05, 3.63) is 95.1 Å². The molecule has 0 bridgehead atoms. The number of amides is 2. The summed E-state index contributed by atoms with van der Waals surface area (Å²) in [5.74, 6) is -0.754. The highest BCUT2D eigenvalue weighted by Crippen LogP contribution is 2.25.